The van der Waals surface area contributed by atoms with Gasteiger partial charge < -0.3 is 15.2 Å². The molecule has 1 heterocycles. The minimum Gasteiger partial charge on any atom is -0.490 e. The van der Waals surface area contributed by atoms with Gasteiger partial charge in [-0.25, -0.2) is 0 Å². The number of hydrogen-bond acceptors (Lipinski definition) is 3. The van der Waals surface area contributed by atoms with Crippen molar-refractivity contribution in [2.45, 2.75) is 25.4 Å². The van der Waals surface area contributed by atoms with Crippen molar-refractivity contribution in [2.24, 2.45) is 5.73 Å². The minimum atomic E-state index is -0.0832. The number of nitrogen functional groups attached to an aromatic ring is 1. The Hall–Kier alpha value is -1.26. The number of rotatable bonds is 4. The third-order valence-corrected chi connectivity index (χ3v) is 3.26. The fourth-order valence-electron chi connectivity index (χ4n) is 2.01. The average molecular weight is 269 g/mol. The van der Waals surface area contributed by atoms with Crippen molar-refractivity contribution in [1.29, 1.82) is 5.41 Å². The molecule has 1 aromatic rings. The molecule has 0 bridgehead atoms. The van der Waals surface area contributed by atoms with E-state index in [1.165, 1.54) is 6.42 Å². The van der Waals surface area contributed by atoms with E-state index >= 15 is 0 Å². The lowest BCUT2D eigenvalue weighted by atomic mass is 10.1. The molecule has 0 saturated carbocycles. The number of amidine groups is 1. The molecule has 1 aliphatic heterocycles. The molecule has 1 aromatic carbocycles. The van der Waals surface area contributed by atoms with Gasteiger partial charge in [-0.1, -0.05) is 17.7 Å². The number of nitrogens with two attached hydrogens (primary N) is 1. The summed E-state index contributed by atoms with van der Waals surface area (Å²) < 4.78 is 11.3. The summed E-state index contributed by atoms with van der Waals surface area (Å²) in [5.74, 6) is 0.462. The minimum absolute atomic E-state index is 0.0832. The molecule has 1 fully saturated rings. The van der Waals surface area contributed by atoms with Gasteiger partial charge in [0.05, 0.1) is 16.7 Å². The van der Waals surface area contributed by atoms with Crippen LogP contribution in [0.3, 0.4) is 0 Å². The number of ether oxygens (including phenoxy) is 2. The summed E-state index contributed by atoms with van der Waals surface area (Å²) in [4.78, 5) is 0. The van der Waals surface area contributed by atoms with Gasteiger partial charge >= 0.3 is 0 Å². The zero-order chi connectivity index (χ0) is 13.0. The molecule has 1 atom stereocenters. The highest BCUT2D eigenvalue weighted by molar-refractivity contribution is 6.34. The quantitative estimate of drug-likeness (QED) is 0.651. The second-order valence-corrected chi connectivity index (χ2v) is 4.73. The maximum absolute atomic E-state index is 7.52. The molecular weight excluding hydrogens is 252 g/mol. The van der Waals surface area contributed by atoms with Crippen LogP contribution in [0.4, 0.5) is 0 Å². The van der Waals surface area contributed by atoms with E-state index in [1.54, 1.807) is 18.2 Å². The van der Waals surface area contributed by atoms with Gasteiger partial charge in [-0.3, -0.25) is 5.41 Å². The molecule has 0 radical (unpaired) electrons. The van der Waals surface area contributed by atoms with E-state index in [0.717, 1.165) is 19.4 Å². The third-order valence-electron chi connectivity index (χ3n) is 2.94. The Bertz CT molecular complexity index is 431. The van der Waals surface area contributed by atoms with Crippen LogP contribution in [0.2, 0.25) is 5.02 Å². The summed E-state index contributed by atoms with van der Waals surface area (Å²) in [6.07, 6.45) is 3.42. The molecule has 98 valence electrons. The van der Waals surface area contributed by atoms with E-state index in [9.17, 15) is 0 Å². The predicted octanol–water partition coefficient (Wildman–Crippen LogP) is 2.57. The first kappa shape index (κ1) is 13.2. The fraction of sp³-hybridized carbons (Fsp3) is 0.462. The highest BCUT2D eigenvalue weighted by atomic mass is 35.5. The van der Waals surface area contributed by atoms with Crippen molar-refractivity contribution in [3.63, 3.8) is 0 Å². The first-order valence-corrected chi connectivity index (χ1v) is 6.43. The van der Waals surface area contributed by atoms with Crippen molar-refractivity contribution in [1.82, 2.24) is 0 Å². The Morgan fingerprint density at radius 2 is 2.33 bits per heavy atom. The van der Waals surface area contributed by atoms with Gasteiger partial charge in [-0.15, -0.1) is 0 Å². The SMILES string of the molecule is N=C(N)c1c(Cl)cccc1OCC1CCCCO1. The molecule has 2 rings (SSSR count). The Kier molecular flexibility index (Phi) is 4.44. The molecule has 0 aromatic heterocycles. The van der Waals surface area contributed by atoms with E-state index in [4.69, 9.17) is 32.2 Å². The molecule has 18 heavy (non-hydrogen) atoms. The normalized spacial score (nSPS) is 19.5. The predicted molar refractivity (Wildman–Crippen MR) is 71.6 cm³/mol. The Labute approximate surface area is 112 Å². The summed E-state index contributed by atoms with van der Waals surface area (Å²) >= 11 is 6.01. The summed E-state index contributed by atoms with van der Waals surface area (Å²) in [5.41, 5.74) is 5.97. The summed E-state index contributed by atoms with van der Waals surface area (Å²) in [6, 6.07) is 5.25. The molecule has 1 saturated heterocycles. The Balaban J connectivity index is 2.04. The van der Waals surface area contributed by atoms with Crippen LogP contribution in [0, 0.1) is 5.41 Å². The van der Waals surface area contributed by atoms with Crippen LogP contribution in [-0.2, 0) is 4.74 Å². The van der Waals surface area contributed by atoms with Crippen LogP contribution in [0.5, 0.6) is 5.75 Å². The molecule has 1 aliphatic rings. The molecule has 3 N–H and O–H groups in total. The van der Waals surface area contributed by atoms with Gasteiger partial charge in [0.2, 0.25) is 0 Å². The number of halogens is 1. The van der Waals surface area contributed by atoms with E-state index in [1.807, 2.05) is 0 Å². The fourth-order valence-corrected chi connectivity index (χ4v) is 2.28. The molecule has 1 unspecified atom stereocenters. The lowest BCUT2D eigenvalue weighted by Crippen LogP contribution is -2.26. The van der Waals surface area contributed by atoms with E-state index in [2.05, 4.69) is 0 Å². The highest BCUT2D eigenvalue weighted by Crippen LogP contribution is 2.26. The summed E-state index contributed by atoms with van der Waals surface area (Å²) in [5, 5.41) is 7.96. The molecular formula is C13H17ClN2O2. The number of benzene rings is 1. The van der Waals surface area contributed by atoms with Crippen LogP contribution >= 0.6 is 11.6 Å². The van der Waals surface area contributed by atoms with Gasteiger partial charge in [0.25, 0.3) is 0 Å². The number of nitrogens with one attached hydrogen (secondary N) is 1. The van der Waals surface area contributed by atoms with Crippen LogP contribution in [0.25, 0.3) is 0 Å². The lowest BCUT2D eigenvalue weighted by Gasteiger charge is -2.23. The molecule has 0 aliphatic carbocycles. The third kappa shape index (κ3) is 3.15. The first-order chi connectivity index (χ1) is 8.68. The highest BCUT2D eigenvalue weighted by Gasteiger charge is 2.16. The topological polar surface area (TPSA) is 68.3 Å². The maximum Gasteiger partial charge on any atom is 0.131 e. The largest absolute Gasteiger partial charge is 0.490 e. The van der Waals surface area contributed by atoms with Crippen molar-refractivity contribution in [3.8, 4) is 5.75 Å². The zero-order valence-corrected chi connectivity index (χ0v) is 10.9. The summed E-state index contributed by atoms with van der Waals surface area (Å²) in [7, 11) is 0. The standard InChI is InChI=1S/C13H17ClN2O2/c14-10-5-3-6-11(12(10)13(15)16)18-8-9-4-1-2-7-17-9/h3,5-6,9H,1-2,4,7-8H2,(H3,15,16). The van der Waals surface area contributed by atoms with Crippen LogP contribution in [0.15, 0.2) is 18.2 Å². The first-order valence-electron chi connectivity index (χ1n) is 6.06. The van der Waals surface area contributed by atoms with Crippen LogP contribution in [0.1, 0.15) is 24.8 Å². The monoisotopic (exact) mass is 268 g/mol. The second-order valence-electron chi connectivity index (χ2n) is 4.33. The average Bonchev–Trinajstić information content (AvgIpc) is 2.37. The zero-order valence-electron chi connectivity index (χ0n) is 10.1. The van der Waals surface area contributed by atoms with Crippen LogP contribution < -0.4 is 10.5 Å². The van der Waals surface area contributed by atoms with Crippen molar-refractivity contribution >= 4 is 17.4 Å². The van der Waals surface area contributed by atoms with Gasteiger partial charge in [-0.2, -0.15) is 0 Å². The van der Waals surface area contributed by atoms with E-state index < -0.39 is 0 Å². The maximum atomic E-state index is 7.52. The molecule has 4 nitrogen and oxygen atoms in total. The van der Waals surface area contributed by atoms with Crippen molar-refractivity contribution in [3.05, 3.63) is 28.8 Å². The van der Waals surface area contributed by atoms with Crippen molar-refractivity contribution in [2.75, 3.05) is 13.2 Å². The van der Waals surface area contributed by atoms with E-state index in [-0.39, 0.29) is 11.9 Å². The van der Waals surface area contributed by atoms with Crippen LogP contribution in [-0.4, -0.2) is 25.2 Å². The lowest BCUT2D eigenvalue weighted by molar-refractivity contribution is -0.0111. The van der Waals surface area contributed by atoms with Crippen molar-refractivity contribution < 1.29 is 9.47 Å². The second kappa shape index (κ2) is 6.07. The van der Waals surface area contributed by atoms with E-state index in [0.29, 0.717) is 22.9 Å². The van der Waals surface area contributed by atoms with Gasteiger partial charge in [0, 0.05) is 6.61 Å². The van der Waals surface area contributed by atoms with Gasteiger partial charge in [-0.05, 0) is 31.4 Å². The Morgan fingerprint density at radius 1 is 1.50 bits per heavy atom. The smallest absolute Gasteiger partial charge is 0.131 e. The Morgan fingerprint density at radius 3 is 3.00 bits per heavy atom. The summed E-state index contributed by atoms with van der Waals surface area (Å²) in [6.45, 7) is 1.27. The molecule has 0 amide bonds. The molecule has 5 heteroatoms. The molecule has 0 spiro atoms. The van der Waals surface area contributed by atoms with Gasteiger partial charge in [0.1, 0.15) is 18.2 Å². The number of hydrogen-bond donors (Lipinski definition) is 2. The van der Waals surface area contributed by atoms with Gasteiger partial charge in [0.15, 0.2) is 0 Å².